The molecule has 1 aromatic rings. The van der Waals surface area contributed by atoms with Crippen LogP contribution in [0.1, 0.15) is 33.1 Å². The average molecular weight is 238 g/mol. The van der Waals surface area contributed by atoms with Gasteiger partial charge in [-0.25, -0.2) is 4.98 Å². The van der Waals surface area contributed by atoms with E-state index in [1.807, 2.05) is 0 Å². The number of hydrogen-bond donors (Lipinski definition) is 3. The third-order valence-corrected chi connectivity index (χ3v) is 2.30. The van der Waals surface area contributed by atoms with Gasteiger partial charge in [0.1, 0.15) is 11.6 Å². The first-order chi connectivity index (χ1) is 8.22. The Bertz CT molecular complexity index is 317. The van der Waals surface area contributed by atoms with Crippen LogP contribution in [0.3, 0.4) is 0 Å². The van der Waals surface area contributed by atoms with Crippen molar-refractivity contribution in [1.82, 2.24) is 9.97 Å². The van der Waals surface area contributed by atoms with E-state index in [0.29, 0.717) is 0 Å². The van der Waals surface area contributed by atoms with E-state index in [-0.39, 0.29) is 6.10 Å². The molecule has 0 radical (unpaired) electrons. The van der Waals surface area contributed by atoms with Crippen LogP contribution in [-0.4, -0.2) is 34.3 Å². The van der Waals surface area contributed by atoms with E-state index < -0.39 is 0 Å². The molecule has 0 aliphatic rings. The molecule has 0 spiro atoms. The van der Waals surface area contributed by atoms with E-state index in [9.17, 15) is 0 Å². The van der Waals surface area contributed by atoms with Gasteiger partial charge in [-0.3, -0.25) is 4.98 Å². The number of aliphatic hydroxyl groups excluding tert-OH is 1. The minimum absolute atomic E-state index is 0.236. The Morgan fingerprint density at radius 2 is 1.88 bits per heavy atom. The van der Waals surface area contributed by atoms with E-state index in [2.05, 4.69) is 27.5 Å². The highest BCUT2D eigenvalue weighted by Gasteiger charge is 1.99. The van der Waals surface area contributed by atoms with Crippen molar-refractivity contribution in [3.8, 4) is 0 Å². The molecule has 1 rings (SSSR count). The summed E-state index contributed by atoms with van der Waals surface area (Å²) in [5.41, 5.74) is 0. The zero-order valence-corrected chi connectivity index (χ0v) is 10.6. The van der Waals surface area contributed by atoms with E-state index in [1.165, 1.54) is 0 Å². The van der Waals surface area contributed by atoms with Crippen molar-refractivity contribution in [3.63, 3.8) is 0 Å². The highest BCUT2D eigenvalue weighted by molar-refractivity contribution is 5.41. The quantitative estimate of drug-likeness (QED) is 0.603. The molecular formula is C12H22N4O. The second-order valence-electron chi connectivity index (χ2n) is 4.13. The maximum Gasteiger partial charge on any atom is 0.146 e. The minimum atomic E-state index is -0.236. The van der Waals surface area contributed by atoms with Gasteiger partial charge >= 0.3 is 0 Å². The largest absolute Gasteiger partial charge is 0.393 e. The summed E-state index contributed by atoms with van der Waals surface area (Å²) in [6, 6.07) is 0. The van der Waals surface area contributed by atoms with Gasteiger partial charge in [0.05, 0.1) is 18.5 Å². The predicted molar refractivity (Wildman–Crippen MR) is 70.2 cm³/mol. The number of anilines is 2. The van der Waals surface area contributed by atoms with Gasteiger partial charge in [0.15, 0.2) is 0 Å². The van der Waals surface area contributed by atoms with Crippen molar-refractivity contribution >= 4 is 11.6 Å². The third-order valence-electron chi connectivity index (χ3n) is 2.30. The Morgan fingerprint density at radius 3 is 2.47 bits per heavy atom. The second-order valence-corrected chi connectivity index (χ2v) is 4.13. The highest BCUT2D eigenvalue weighted by atomic mass is 16.3. The summed E-state index contributed by atoms with van der Waals surface area (Å²) in [5.74, 6) is 1.57. The maximum atomic E-state index is 9.13. The molecule has 3 N–H and O–H groups in total. The topological polar surface area (TPSA) is 70.1 Å². The molecule has 17 heavy (non-hydrogen) atoms. The third kappa shape index (κ3) is 6.06. The Kier molecular flexibility index (Phi) is 6.32. The summed E-state index contributed by atoms with van der Waals surface area (Å²) >= 11 is 0. The molecule has 1 unspecified atom stereocenters. The summed E-state index contributed by atoms with van der Waals surface area (Å²) in [7, 11) is 0. The van der Waals surface area contributed by atoms with E-state index in [4.69, 9.17) is 5.11 Å². The lowest BCUT2D eigenvalue weighted by Crippen LogP contribution is -2.09. The molecule has 0 saturated heterocycles. The van der Waals surface area contributed by atoms with Crippen molar-refractivity contribution in [3.05, 3.63) is 12.4 Å². The molecule has 0 bridgehead atoms. The van der Waals surface area contributed by atoms with Crippen LogP contribution in [0.4, 0.5) is 11.6 Å². The normalized spacial score (nSPS) is 12.2. The van der Waals surface area contributed by atoms with Crippen LogP contribution in [0.5, 0.6) is 0 Å². The van der Waals surface area contributed by atoms with Crippen LogP contribution < -0.4 is 10.6 Å². The van der Waals surface area contributed by atoms with E-state index in [0.717, 1.165) is 44.0 Å². The monoisotopic (exact) mass is 238 g/mol. The zero-order valence-electron chi connectivity index (χ0n) is 10.6. The molecule has 0 fully saturated rings. The Balaban J connectivity index is 2.32. The Hall–Kier alpha value is -1.36. The zero-order chi connectivity index (χ0) is 12.5. The van der Waals surface area contributed by atoms with Crippen LogP contribution in [0.15, 0.2) is 12.4 Å². The Labute approximate surface area is 103 Å². The van der Waals surface area contributed by atoms with Gasteiger partial charge in [-0.05, 0) is 26.2 Å². The first kappa shape index (κ1) is 13.7. The molecule has 1 aromatic heterocycles. The number of nitrogens with one attached hydrogen (secondary N) is 2. The second kappa shape index (κ2) is 7.84. The van der Waals surface area contributed by atoms with Gasteiger partial charge in [0.25, 0.3) is 0 Å². The molecule has 5 nitrogen and oxygen atoms in total. The summed E-state index contributed by atoms with van der Waals surface area (Å²) in [6.45, 7) is 5.62. The minimum Gasteiger partial charge on any atom is -0.393 e. The van der Waals surface area contributed by atoms with Crippen LogP contribution in [0.25, 0.3) is 0 Å². The summed E-state index contributed by atoms with van der Waals surface area (Å²) < 4.78 is 0. The molecule has 96 valence electrons. The van der Waals surface area contributed by atoms with Crippen LogP contribution in [-0.2, 0) is 0 Å². The van der Waals surface area contributed by atoms with Crippen molar-refractivity contribution in [2.75, 3.05) is 23.7 Å². The molecule has 1 atom stereocenters. The van der Waals surface area contributed by atoms with Gasteiger partial charge in [0.2, 0.25) is 0 Å². The lowest BCUT2D eigenvalue weighted by atomic mass is 10.2. The van der Waals surface area contributed by atoms with Gasteiger partial charge in [-0.15, -0.1) is 0 Å². The van der Waals surface area contributed by atoms with E-state index >= 15 is 0 Å². The number of rotatable bonds is 8. The molecule has 0 amide bonds. The van der Waals surface area contributed by atoms with Crippen LogP contribution in [0, 0.1) is 0 Å². The Morgan fingerprint density at radius 1 is 1.24 bits per heavy atom. The first-order valence-electron chi connectivity index (χ1n) is 6.20. The van der Waals surface area contributed by atoms with Gasteiger partial charge in [-0.2, -0.15) is 0 Å². The molecule has 0 aromatic carbocycles. The smallest absolute Gasteiger partial charge is 0.146 e. The molecule has 1 heterocycles. The van der Waals surface area contributed by atoms with Gasteiger partial charge in [0, 0.05) is 13.1 Å². The predicted octanol–water partition coefficient (Wildman–Crippen LogP) is 1.87. The fraction of sp³-hybridized carbons (Fsp3) is 0.667. The summed E-state index contributed by atoms with van der Waals surface area (Å²) in [5, 5.41) is 15.5. The fourth-order valence-electron chi connectivity index (χ4n) is 1.40. The summed E-state index contributed by atoms with van der Waals surface area (Å²) in [6.07, 6.45) is 5.98. The molecule has 5 heteroatoms. The number of aromatic nitrogens is 2. The SMILES string of the molecule is CCCNc1cncc(NCCCC(C)O)n1. The molecule has 0 aliphatic heterocycles. The van der Waals surface area contributed by atoms with Gasteiger partial charge in [-0.1, -0.05) is 6.92 Å². The molecule has 0 saturated carbocycles. The highest BCUT2D eigenvalue weighted by Crippen LogP contribution is 2.07. The van der Waals surface area contributed by atoms with Crippen LogP contribution >= 0.6 is 0 Å². The standard InChI is InChI=1S/C12H22N4O/c1-3-6-14-11-8-13-9-12(16-11)15-7-4-5-10(2)17/h8-10,17H,3-7H2,1-2H3,(H2,14,15,16). The van der Waals surface area contributed by atoms with Crippen LogP contribution in [0.2, 0.25) is 0 Å². The number of aliphatic hydroxyl groups is 1. The number of hydrogen-bond acceptors (Lipinski definition) is 5. The molecule has 0 aliphatic carbocycles. The van der Waals surface area contributed by atoms with Crippen molar-refractivity contribution in [2.45, 2.75) is 39.2 Å². The maximum absolute atomic E-state index is 9.13. The lowest BCUT2D eigenvalue weighted by Gasteiger charge is -2.08. The first-order valence-corrected chi connectivity index (χ1v) is 6.20. The van der Waals surface area contributed by atoms with Crippen molar-refractivity contribution in [2.24, 2.45) is 0 Å². The fourth-order valence-corrected chi connectivity index (χ4v) is 1.40. The lowest BCUT2D eigenvalue weighted by molar-refractivity contribution is 0.183. The van der Waals surface area contributed by atoms with E-state index in [1.54, 1.807) is 19.3 Å². The number of nitrogens with zero attached hydrogens (tertiary/aromatic N) is 2. The van der Waals surface area contributed by atoms with Gasteiger partial charge < -0.3 is 15.7 Å². The molecular weight excluding hydrogens is 216 g/mol. The van der Waals surface area contributed by atoms with Crippen molar-refractivity contribution in [1.29, 1.82) is 0 Å². The summed E-state index contributed by atoms with van der Waals surface area (Å²) in [4.78, 5) is 8.49. The average Bonchev–Trinajstić information content (AvgIpc) is 2.32. The van der Waals surface area contributed by atoms with Crippen molar-refractivity contribution < 1.29 is 5.11 Å².